The lowest BCUT2D eigenvalue weighted by atomic mass is 9.90. The highest BCUT2D eigenvalue weighted by atomic mass is 79.9. The normalized spacial score (nSPS) is 24.9. The summed E-state index contributed by atoms with van der Waals surface area (Å²) in [5.41, 5.74) is 4.17. The van der Waals surface area contributed by atoms with E-state index in [-0.39, 0.29) is 6.04 Å². The number of anilines is 1. The number of aryl methyl sites for hydroxylation is 2. The molecule has 24 heavy (non-hydrogen) atoms. The lowest BCUT2D eigenvalue weighted by Crippen LogP contribution is -2.65. The smallest absolute Gasteiger partial charge is 0.188 e. The standard InChI is InChI=1S/C19H19BrN2OS/c1-11-4-5-12(2)16(8-11)22-18(24)21-15-10-19(22,3)23-17-7-6-13(20)9-14(15)17/h4-9,15H,10H2,1-3H3,(H,21,24)/t15-,19+/m0/s1. The van der Waals surface area contributed by atoms with E-state index in [1.54, 1.807) is 0 Å². The zero-order valence-corrected chi connectivity index (χ0v) is 16.3. The van der Waals surface area contributed by atoms with Crippen molar-refractivity contribution in [3.63, 3.8) is 0 Å². The minimum Gasteiger partial charge on any atom is -0.467 e. The van der Waals surface area contributed by atoms with E-state index in [1.165, 1.54) is 11.1 Å². The lowest BCUT2D eigenvalue weighted by molar-refractivity contribution is 0.0496. The number of benzene rings is 2. The Hall–Kier alpha value is -1.59. The summed E-state index contributed by atoms with van der Waals surface area (Å²) < 4.78 is 7.51. The third-order valence-corrected chi connectivity index (χ3v) is 5.63. The van der Waals surface area contributed by atoms with Crippen LogP contribution in [-0.4, -0.2) is 10.8 Å². The van der Waals surface area contributed by atoms with Gasteiger partial charge in [0.25, 0.3) is 0 Å². The molecule has 0 amide bonds. The van der Waals surface area contributed by atoms with Crippen LogP contribution in [0.15, 0.2) is 40.9 Å². The molecule has 1 N–H and O–H groups in total. The lowest BCUT2D eigenvalue weighted by Gasteiger charge is -2.52. The fourth-order valence-corrected chi connectivity index (χ4v) is 4.48. The Morgan fingerprint density at radius 3 is 2.83 bits per heavy atom. The maximum absolute atomic E-state index is 6.46. The van der Waals surface area contributed by atoms with E-state index in [2.05, 4.69) is 71.2 Å². The number of thiocarbonyl (C=S) groups is 1. The Labute approximate surface area is 156 Å². The molecule has 2 aromatic carbocycles. The molecule has 124 valence electrons. The van der Waals surface area contributed by atoms with Crippen molar-refractivity contribution in [1.29, 1.82) is 0 Å². The molecule has 0 saturated carbocycles. The summed E-state index contributed by atoms with van der Waals surface area (Å²) in [5.74, 6) is 0.919. The van der Waals surface area contributed by atoms with Crippen LogP contribution >= 0.6 is 28.1 Å². The zero-order chi connectivity index (χ0) is 17.1. The van der Waals surface area contributed by atoms with Crippen LogP contribution in [0.1, 0.15) is 36.1 Å². The molecular formula is C19H19BrN2OS. The number of nitrogens with zero attached hydrogens (tertiary/aromatic N) is 1. The van der Waals surface area contributed by atoms with E-state index in [4.69, 9.17) is 17.0 Å². The van der Waals surface area contributed by atoms with Gasteiger partial charge in [-0.25, -0.2) is 0 Å². The highest BCUT2D eigenvalue weighted by Crippen LogP contribution is 2.46. The molecule has 0 radical (unpaired) electrons. The number of fused-ring (bicyclic) bond motifs is 4. The van der Waals surface area contributed by atoms with Crippen molar-refractivity contribution in [2.75, 3.05) is 4.90 Å². The third kappa shape index (κ3) is 2.42. The van der Waals surface area contributed by atoms with Gasteiger partial charge >= 0.3 is 0 Å². The first kappa shape index (κ1) is 15.9. The van der Waals surface area contributed by atoms with Crippen LogP contribution in [0.5, 0.6) is 5.75 Å². The molecule has 4 rings (SSSR count). The van der Waals surface area contributed by atoms with Gasteiger partial charge in [0, 0.05) is 16.5 Å². The highest BCUT2D eigenvalue weighted by Gasteiger charge is 2.48. The van der Waals surface area contributed by atoms with Gasteiger partial charge in [-0.1, -0.05) is 28.1 Å². The Balaban J connectivity index is 1.83. The molecule has 0 aliphatic carbocycles. The Morgan fingerprint density at radius 1 is 1.25 bits per heavy atom. The molecule has 1 fully saturated rings. The molecule has 5 heteroatoms. The topological polar surface area (TPSA) is 24.5 Å². The van der Waals surface area contributed by atoms with Crippen LogP contribution in [0.4, 0.5) is 5.69 Å². The van der Waals surface area contributed by atoms with E-state index >= 15 is 0 Å². The number of nitrogens with one attached hydrogen (secondary N) is 1. The predicted molar refractivity (Wildman–Crippen MR) is 105 cm³/mol. The maximum atomic E-state index is 6.46. The second-order valence-corrected chi connectivity index (χ2v) is 8.09. The summed E-state index contributed by atoms with van der Waals surface area (Å²) in [6, 6.07) is 12.8. The molecule has 2 aliphatic heterocycles. The number of ether oxygens (including phenoxy) is 1. The molecule has 3 nitrogen and oxygen atoms in total. The molecule has 2 aromatic rings. The maximum Gasteiger partial charge on any atom is 0.188 e. The van der Waals surface area contributed by atoms with Gasteiger partial charge < -0.3 is 10.1 Å². The van der Waals surface area contributed by atoms with Crippen molar-refractivity contribution in [1.82, 2.24) is 5.32 Å². The van der Waals surface area contributed by atoms with Crippen LogP contribution in [0.25, 0.3) is 0 Å². The molecule has 2 heterocycles. The van der Waals surface area contributed by atoms with E-state index in [0.717, 1.165) is 27.9 Å². The fourth-order valence-electron chi connectivity index (χ4n) is 3.67. The Morgan fingerprint density at radius 2 is 2.04 bits per heavy atom. The molecule has 0 unspecified atom stereocenters. The molecular weight excluding hydrogens is 384 g/mol. The number of rotatable bonds is 1. The number of hydrogen-bond donors (Lipinski definition) is 1. The highest BCUT2D eigenvalue weighted by molar-refractivity contribution is 9.10. The summed E-state index contributed by atoms with van der Waals surface area (Å²) in [6.07, 6.45) is 0.837. The van der Waals surface area contributed by atoms with Gasteiger partial charge in [0.05, 0.1) is 11.7 Å². The Bertz CT molecular complexity index is 853. The van der Waals surface area contributed by atoms with Gasteiger partial charge in [-0.3, -0.25) is 4.90 Å². The molecule has 2 atom stereocenters. The van der Waals surface area contributed by atoms with Gasteiger partial charge in [0.2, 0.25) is 0 Å². The third-order valence-electron chi connectivity index (χ3n) is 4.84. The predicted octanol–water partition coefficient (Wildman–Crippen LogP) is 5.00. The summed E-state index contributed by atoms with van der Waals surface area (Å²) >= 11 is 9.27. The molecule has 0 spiro atoms. The van der Waals surface area contributed by atoms with Gasteiger partial charge in [-0.15, -0.1) is 0 Å². The van der Waals surface area contributed by atoms with Crippen LogP contribution < -0.4 is 15.0 Å². The van der Waals surface area contributed by atoms with Gasteiger partial charge in [0.1, 0.15) is 5.75 Å². The molecule has 1 saturated heterocycles. The van der Waals surface area contributed by atoms with Crippen molar-refractivity contribution in [3.05, 3.63) is 57.6 Å². The van der Waals surface area contributed by atoms with Crippen LogP contribution in [0.2, 0.25) is 0 Å². The quantitative estimate of drug-likeness (QED) is 0.678. The monoisotopic (exact) mass is 402 g/mol. The summed E-state index contributed by atoms with van der Waals surface area (Å²) in [7, 11) is 0. The van der Waals surface area contributed by atoms with Gasteiger partial charge in [-0.05, 0) is 68.4 Å². The SMILES string of the molecule is Cc1ccc(C)c(N2C(=S)N[C@H]3C[C@@]2(C)Oc2ccc(Br)cc23)c1. The van der Waals surface area contributed by atoms with Crippen molar-refractivity contribution < 1.29 is 4.74 Å². The van der Waals surface area contributed by atoms with Crippen molar-refractivity contribution >= 4 is 38.9 Å². The Kier molecular flexibility index (Phi) is 3.62. The van der Waals surface area contributed by atoms with Crippen LogP contribution in [0.3, 0.4) is 0 Å². The van der Waals surface area contributed by atoms with Crippen molar-refractivity contribution in [3.8, 4) is 5.75 Å². The molecule has 2 aliphatic rings. The summed E-state index contributed by atoms with van der Waals surface area (Å²) in [6.45, 7) is 6.34. The average molecular weight is 403 g/mol. The zero-order valence-electron chi connectivity index (χ0n) is 13.9. The van der Waals surface area contributed by atoms with Crippen molar-refractivity contribution in [2.45, 2.75) is 39.0 Å². The second kappa shape index (κ2) is 5.46. The van der Waals surface area contributed by atoms with E-state index in [0.29, 0.717) is 5.11 Å². The first-order chi connectivity index (χ1) is 11.4. The largest absolute Gasteiger partial charge is 0.467 e. The van der Waals surface area contributed by atoms with Crippen LogP contribution in [-0.2, 0) is 0 Å². The first-order valence-corrected chi connectivity index (χ1v) is 9.24. The van der Waals surface area contributed by atoms with E-state index in [9.17, 15) is 0 Å². The van der Waals surface area contributed by atoms with Gasteiger partial charge in [0.15, 0.2) is 10.8 Å². The molecule has 2 bridgehead atoms. The van der Waals surface area contributed by atoms with E-state index in [1.807, 2.05) is 12.1 Å². The van der Waals surface area contributed by atoms with Crippen LogP contribution in [0, 0.1) is 13.8 Å². The minimum atomic E-state index is -0.494. The summed E-state index contributed by atoms with van der Waals surface area (Å²) in [5, 5.41) is 4.22. The average Bonchev–Trinajstić information content (AvgIpc) is 2.51. The number of halogens is 1. The van der Waals surface area contributed by atoms with Crippen molar-refractivity contribution in [2.24, 2.45) is 0 Å². The number of hydrogen-bond acceptors (Lipinski definition) is 2. The summed E-state index contributed by atoms with van der Waals surface area (Å²) in [4.78, 5) is 2.13. The van der Waals surface area contributed by atoms with E-state index < -0.39 is 5.72 Å². The minimum absolute atomic E-state index is 0.171. The molecule has 0 aromatic heterocycles. The van der Waals surface area contributed by atoms with Gasteiger partial charge in [-0.2, -0.15) is 0 Å². The fraction of sp³-hybridized carbons (Fsp3) is 0.316. The second-order valence-electron chi connectivity index (χ2n) is 6.79. The first-order valence-electron chi connectivity index (χ1n) is 8.04.